The summed E-state index contributed by atoms with van der Waals surface area (Å²) in [6, 6.07) is 14.5. The molecular formula is C19H16ClNO3. The molecule has 0 unspecified atom stereocenters. The molecule has 1 heterocycles. The monoisotopic (exact) mass is 341 g/mol. The van der Waals surface area contributed by atoms with Gasteiger partial charge in [0, 0.05) is 16.0 Å². The number of nitrogens with zero attached hydrogens (tertiary/aromatic N) is 1. The molecule has 5 heteroatoms. The summed E-state index contributed by atoms with van der Waals surface area (Å²) in [5.74, 6) is 0.374. The van der Waals surface area contributed by atoms with E-state index in [2.05, 4.69) is 4.98 Å². The molecule has 3 rings (SSSR count). The lowest BCUT2D eigenvalue weighted by Crippen LogP contribution is -2.06. The molecule has 0 aliphatic rings. The topological polar surface area (TPSA) is 48.4 Å². The van der Waals surface area contributed by atoms with E-state index in [-0.39, 0.29) is 5.97 Å². The van der Waals surface area contributed by atoms with Crippen LogP contribution in [0.5, 0.6) is 5.75 Å². The molecule has 0 aliphatic heterocycles. The maximum Gasteiger partial charge on any atom is 0.338 e. The van der Waals surface area contributed by atoms with Gasteiger partial charge in [0.15, 0.2) is 0 Å². The smallest absolute Gasteiger partial charge is 0.338 e. The number of fused-ring (bicyclic) bond motifs is 1. The van der Waals surface area contributed by atoms with Crippen molar-refractivity contribution >= 4 is 28.5 Å². The molecule has 0 fully saturated rings. The van der Waals surface area contributed by atoms with Gasteiger partial charge in [-0.1, -0.05) is 11.6 Å². The van der Waals surface area contributed by atoms with Crippen LogP contribution in [0, 0.1) is 0 Å². The van der Waals surface area contributed by atoms with Crippen LogP contribution < -0.4 is 4.74 Å². The Morgan fingerprint density at radius 2 is 1.88 bits per heavy atom. The predicted octanol–water partition coefficient (Wildman–Crippen LogP) is 4.74. The summed E-state index contributed by atoms with van der Waals surface area (Å²) in [7, 11) is 1.62. The first kappa shape index (κ1) is 16.3. The Kier molecular flexibility index (Phi) is 4.67. The Hall–Kier alpha value is -2.59. The summed E-state index contributed by atoms with van der Waals surface area (Å²) < 4.78 is 10.3. The van der Waals surface area contributed by atoms with Crippen molar-refractivity contribution in [2.24, 2.45) is 0 Å². The fourth-order valence-electron chi connectivity index (χ4n) is 2.49. The van der Waals surface area contributed by atoms with Crippen molar-refractivity contribution in [1.29, 1.82) is 0 Å². The lowest BCUT2D eigenvalue weighted by Gasteiger charge is -2.10. The number of carbonyl (C=O) groups excluding carboxylic acids is 1. The average Bonchev–Trinajstić information content (AvgIpc) is 2.61. The van der Waals surface area contributed by atoms with Crippen LogP contribution >= 0.6 is 11.6 Å². The summed E-state index contributed by atoms with van der Waals surface area (Å²) in [6.45, 7) is 2.08. The number of ether oxygens (including phenoxy) is 2. The second-order valence-corrected chi connectivity index (χ2v) is 5.60. The highest BCUT2D eigenvalue weighted by Gasteiger charge is 2.15. The number of pyridine rings is 1. The van der Waals surface area contributed by atoms with Gasteiger partial charge >= 0.3 is 5.97 Å². The number of esters is 1. The molecule has 0 atom stereocenters. The second kappa shape index (κ2) is 6.89. The Morgan fingerprint density at radius 1 is 1.12 bits per heavy atom. The first-order valence-electron chi connectivity index (χ1n) is 7.54. The van der Waals surface area contributed by atoms with Crippen LogP contribution in [-0.2, 0) is 4.74 Å². The molecule has 0 amide bonds. The first-order chi connectivity index (χ1) is 11.6. The molecule has 24 heavy (non-hydrogen) atoms. The second-order valence-electron chi connectivity index (χ2n) is 5.17. The highest BCUT2D eigenvalue weighted by molar-refractivity contribution is 6.31. The molecule has 1 aromatic heterocycles. The minimum absolute atomic E-state index is 0.307. The molecule has 4 nitrogen and oxygen atoms in total. The zero-order valence-corrected chi connectivity index (χ0v) is 14.1. The standard InChI is InChI=1S/C19H16ClNO3/c1-3-24-19(22)16-11-18(12-4-7-14(23-2)8-5-12)21-17-9-6-13(20)10-15(16)17/h4-11H,3H2,1-2H3. The molecule has 0 aliphatic carbocycles. The van der Waals surface area contributed by atoms with E-state index in [4.69, 9.17) is 21.1 Å². The maximum atomic E-state index is 12.3. The molecular weight excluding hydrogens is 326 g/mol. The van der Waals surface area contributed by atoms with E-state index in [1.54, 1.807) is 38.3 Å². The van der Waals surface area contributed by atoms with E-state index in [0.717, 1.165) is 11.3 Å². The number of hydrogen-bond donors (Lipinski definition) is 0. The molecule has 122 valence electrons. The Bertz CT molecular complexity index is 891. The number of halogens is 1. The number of methoxy groups -OCH3 is 1. The van der Waals surface area contributed by atoms with E-state index in [1.165, 1.54) is 0 Å². The lowest BCUT2D eigenvalue weighted by atomic mass is 10.0. The van der Waals surface area contributed by atoms with E-state index >= 15 is 0 Å². The van der Waals surface area contributed by atoms with Gasteiger partial charge in [-0.2, -0.15) is 0 Å². The highest BCUT2D eigenvalue weighted by Crippen LogP contribution is 2.28. The van der Waals surface area contributed by atoms with Gasteiger partial charge < -0.3 is 9.47 Å². The van der Waals surface area contributed by atoms with Gasteiger partial charge in [-0.3, -0.25) is 0 Å². The van der Waals surface area contributed by atoms with Crippen LogP contribution in [0.1, 0.15) is 17.3 Å². The van der Waals surface area contributed by atoms with Crippen molar-refractivity contribution in [2.75, 3.05) is 13.7 Å². The lowest BCUT2D eigenvalue weighted by molar-refractivity contribution is 0.0528. The third-order valence-electron chi connectivity index (χ3n) is 3.65. The van der Waals surface area contributed by atoms with E-state index in [0.29, 0.717) is 33.8 Å². The van der Waals surface area contributed by atoms with Crippen molar-refractivity contribution in [1.82, 2.24) is 4.98 Å². The first-order valence-corrected chi connectivity index (χ1v) is 7.92. The maximum absolute atomic E-state index is 12.3. The normalized spacial score (nSPS) is 10.6. The largest absolute Gasteiger partial charge is 0.497 e. The number of rotatable bonds is 4. The number of carbonyl (C=O) groups is 1. The average molecular weight is 342 g/mol. The van der Waals surface area contributed by atoms with Crippen LogP contribution in [0.4, 0.5) is 0 Å². The van der Waals surface area contributed by atoms with Crippen LogP contribution in [0.3, 0.4) is 0 Å². The van der Waals surface area contributed by atoms with Crippen LogP contribution in [0.15, 0.2) is 48.5 Å². The zero-order chi connectivity index (χ0) is 17.1. The SMILES string of the molecule is CCOC(=O)c1cc(-c2ccc(OC)cc2)nc2ccc(Cl)cc12. The zero-order valence-electron chi connectivity index (χ0n) is 13.4. The molecule has 0 saturated heterocycles. The highest BCUT2D eigenvalue weighted by atomic mass is 35.5. The van der Waals surface area contributed by atoms with Crippen molar-refractivity contribution in [3.63, 3.8) is 0 Å². The Morgan fingerprint density at radius 3 is 2.54 bits per heavy atom. The molecule has 0 bridgehead atoms. The van der Waals surface area contributed by atoms with Gasteiger partial charge in [0.2, 0.25) is 0 Å². The quantitative estimate of drug-likeness (QED) is 0.643. The third-order valence-corrected chi connectivity index (χ3v) is 3.89. The molecule has 0 saturated carbocycles. The number of benzene rings is 2. The van der Waals surface area contributed by atoms with Crippen LogP contribution in [0.2, 0.25) is 5.02 Å². The Labute approximate surface area is 145 Å². The summed E-state index contributed by atoms with van der Waals surface area (Å²) >= 11 is 6.07. The minimum atomic E-state index is -0.387. The molecule has 0 radical (unpaired) electrons. The predicted molar refractivity (Wildman–Crippen MR) is 94.7 cm³/mol. The minimum Gasteiger partial charge on any atom is -0.497 e. The van der Waals surface area contributed by atoms with Gasteiger partial charge in [-0.25, -0.2) is 9.78 Å². The summed E-state index contributed by atoms with van der Waals surface area (Å²) in [4.78, 5) is 17.0. The van der Waals surface area contributed by atoms with Gasteiger partial charge in [-0.05, 0) is 55.5 Å². The van der Waals surface area contributed by atoms with E-state index < -0.39 is 0 Å². The fourth-order valence-corrected chi connectivity index (χ4v) is 2.66. The number of hydrogen-bond acceptors (Lipinski definition) is 4. The molecule has 0 spiro atoms. The molecule has 3 aromatic rings. The van der Waals surface area contributed by atoms with Gasteiger partial charge in [0.25, 0.3) is 0 Å². The van der Waals surface area contributed by atoms with Crippen LogP contribution in [-0.4, -0.2) is 24.7 Å². The summed E-state index contributed by atoms with van der Waals surface area (Å²) in [5.41, 5.74) is 2.72. The van der Waals surface area contributed by atoms with Crippen molar-refractivity contribution in [3.8, 4) is 17.0 Å². The number of aromatic nitrogens is 1. The van der Waals surface area contributed by atoms with Gasteiger partial charge in [0.05, 0.1) is 30.5 Å². The van der Waals surface area contributed by atoms with Gasteiger partial charge in [-0.15, -0.1) is 0 Å². The van der Waals surface area contributed by atoms with Crippen molar-refractivity contribution < 1.29 is 14.3 Å². The summed E-state index contributed by atoms with van der Waals surface area (Å²) in [5, 5.41) is 1.23. The van der Waals surface area contributed by atoms with E-state index in [1.807, 2.05) is 24.3 Å². The van der Waals surface area contributed by atoms with Crippen molar-refractivity contribution in [3.05, 3.63) is 59.1 Å². The van der Waals surface area contributed by atoms with Gasteiger partial charge in [0.1, 0.15) is 5.75 Å². The van der Waals surface area contributed by atoms with E-state index in [9.17, 15) is 4.79 Å². The third kappa shape index (κ3) is 3.19. The molecule has 2 aromatic carbocycles. The van der Waals surface area contributed by atoms with Crippen LogP contribution in [0.25, 0.3) is 22.2 Å². The molecule has 0 N–H and O–H groups in total. The van der Waals surface area contributed by atoms with Crippen molar-refractivity contribution in [2.45, 2.75) is 6.92 Å². The Balaban J connectivity index is 2.18. The summed E-state index contributed by atoms with van der Waals surface area (Å²) in [6.07, 6.45) is 0. The fraction of sp³-hybridized carbons (Fsp3) is 0.158.